The van der Waals surface area contributed by atoms with Gasteiger partial charge >= 0.3 is 5.97 Å². The summed E-state index contributed by atoms with van der Waals surface area (Å²) in [6.45, 7) is 4.73. The van der Waals surface area contributed by atoms with Crippen LogP contribution in [0.4, 0.5) is 5.69 Å². The number of ether oxygens (including phenoxy) is 1. The zero-order valence-electron chi connectivity index (χ0n) is 14.9. The number of nitrogens with zero attached hydrogens (tertiary/aromatic N) is 2. The highest BCUT2D eigenvalue weighted by molar-refractivity contribution is 5.92. The third kappa shape index (κ3) is 6.03. The highest BCUT2D eigenvalue weighted by Gasteiger charge is 2.25. The van der Waals surface area contributed by atoms with E-state index < -0.39 is 5.97 Å². The molecule has 0 unspecified atom stereocenters. The molecule has 1 saturated heterocycles. The van der Waals surface area contributed by atoms with E-state index in [4.69, 9.17) is 9.84 Å². The van der Waals surface area contributed by atoms with E-state index in [0.29, 0.717) is 12.3 Å². The summed E-state index contributed by atoms with van der Waals surface area (Å²) in [6.07, 6.45) is 1.76. The van der Waals surface area contributed by atoms with Crippen molar-refractivity contribution in [3.05, 3.63) is 24.3 Å². The molecule has 1 aliphatic rings. The molecule has 2 N–H and O–H groups in total. The second kappa shape index (κ2) is 9.39. The Morgan fingerprint density at radius 1 is 1.36 bits per heavy atom. The first-order valence-corrected chi connectivity index (χ1v) is 8.64. The molecule has 0 aromatic heterocycles. The van der Waals surface area contributed by atoms with Crippen LogP contribution in [0, 0.1) is 0 Å². The largest absolute Gasteiger partial charge is 0.497 e. The van der Waals surface area contributed by atoms with Crippen LogP contribution in [0.5, 0.6) is 5.75 Å². The zero-order valence-corrected chi connectivity index (χ0v) is 14.9. The van der Waals surface area contributed by atoms with Crippen LogP contribution in [0.1, 0.15) is 19.8 Å². The van der Waals surface area contributed by atoms with Crippen molar-refractivity contribution in [1.29, 1.82) is 0 Å². The predicted octanol–water partition coefficient (Wildman–Crippen LogP) is 1.50. The summed E-state index contributed by atoms with van der Waals surface area (Å²) in [5, 5.41) is 11.9. The number of methoxy groups -OCH3 is 1. The summed E-state index contributed by atoms with van der Waals surface area (Å²) in [7, 11) is 1.59. The third-order valence-corrected chi connectivity index (χ3v) is 4.54. The standard InChI is InChI=1S/C18H27N3O4/c1-3-21(13-18(23)24)15-7-9-20(10-8-15)12-17(22)19-14-5-4-6-16(11-14)25-2/h4-6,11,15H,3,7-10,12-13H2,1-2H3,(H,19,22)(H,23,24). The highest BCUT2D eigenvalue weighted by atomic mass is 16.5. The minimum Gasteiger partial charge on any atom is -0.497 e. The second-order valence-corrected chi connectivity index (χ2v) is 6.24. The van der Waals surface area contributed by atoms with Crippen LogP contribution in [-0.4, -0.2) is 72.7 Å². The molecule has 0 saturated carbocycles. The Hall–Kier alpha value is -2.12. The van der Waals surface area contributed by atoms with Crippen molar-refractivity contribution in [3.63, 3.8) is 0 Å². The number of likely N-dealkylation sites (tertiary alicyclic amines) is 1. The Bertz CT molecular complexity index is 585. The molecule has 0 aliphatic carbocycles. The predicted molar refractivity (Wildman–Crippen MR) is 96.0 cm³/mol. The highest BCUT2D eigenvalue weighted by Crippen LogP contribution is 2.18. The van der Waals surface area contributed by atoms with Crippen molar-refractivity contribution >= 4 is 17.6 Å². The number of rotatable bonds is 8. The van der Waals surface area contributed by atoms with Gasteiger partial charge in [0, 0.05) is 30.9 Å². The number of carboxylic acids is 1. The number of carbonyl (C=O) groups excluding carboxylic acids is 1. The van der Waals surface area contributed by atoms with Gasteiger partial charge in [-0.05, 0) is 31.5 Å². The number of carbonyl (C=O) groups is 2. The molecule has 2 rings (SSSR count). The number of aliphatic carboxylic acids is 1. The zero-order chi connectivity index (χ0) is 18.2. The summed E-state index contributed by atoms with van der Waals surface area (Å²) in [5.41, 5.74) is 0.720. The van der Waals surface area contributed by atoms with Gasteiger partial charge < -0.3 is 15.2 Å². The molecule has 0 atom stereocenters. The van der Waals surface area contributed by atoms with Gasteiger partial charge in [-0.1, -0.05) is 13.0 Å². The van der Waals surface area contributed by atoms with Gasteiger partial charge in [-0.3, -0.25) is 19.4 Å². The van der Waals surface area contributed by atoms with Crippen LogP contribution in [-0.2, 0) is 9.59 Å². The van der Waals surface area contributed by atoms with Crippen LogP contribution in [0.25, 0.3) is 0 Å². The van der Waals surface area contributed by atoms with E-state index in [1.54, 1.807) is 13.2 Å². The van der Waals surface area contributed by atoms with E-state index in [1.165, 1.54) is 0 Å². The summed E-state index contributed by atoms with van der Waals surface area (Å²) in [4.78, 5) is 27.2. The van der Waals surface area contributed by atoms with Crippen molar-refractivity contribution in [3.8, 4) is 5.75 Å². The molecule has 138 valence electrons. The summed E-state index contributed by atoms with van der Waals surface area (Å²) in [6, 6.07) is 7.56. The van der Waals surface area contributed by atoms with Crippen molar-refractivity contribution < 1.29 is 19.4 Å². The molecule has 0 spiro atoms. The van der Waals surface area contributed by atoms with Crippen LogP contribution in [0.2, 0.25) is 0 Å². The first-order chi connectivity index (χ1) is 12.0. The van der Waals surface area contributed by atoms with Crippen LogP contribution >= 0.6 is 0 Å². The first kappa shape index (κ1) is 19.2. The van der Waals surface area contributed by atoms with Crippen molar-refractivity contribution in [2.75, 3.05) is 45.2 Å². The van der Waals surface area contributed by atoms with E-state index in [-0.39, 0.29) is 18.5 Å². The Morgan fingerprint density at radius 2 is 2.08 bits per heavy atom. The monoisotopic (exact) mass is 349 g/mol. The van der Waals surface area contributed by atoms with Gasteiger partial charge in [0.15, 0.2) is 0 Å². The molecule has 7 nitrogen and oxygen atoms in total. The number of anilines is 1. The average Bonchev–Trinajstić information content (AvgIpc) is 2.60. The number of carboxylic acid groups (broad SMARTS) is 1. The van der Waals surface area contributed by atoms with E-state index in [1.807, 2.05) is 30.0 Å². The van der Waals surface area contributed by atoms with Crippen LogP contribution in [0.15, 0.2) is 24.3 Å². The van der Waals surface area contributed by atoms with Crippen molar-refractivity contribution in [2.45, 2.75) is 25.8 Å². The maximum Gasteiger partial charge on any atom is 0.317 e. The molecule has 1 aromatic carbocycles. The lowest BCUT2D eigenvalue weighted by molar-refractivity contribution is -0.139. The summed E-state index contributed by atoms with van der Waals surface area (Å²) in [5.74, 6) is -0.136. The smallest absolute Gasteiger partial charge is 0.317 e. The van der Waals surface area contributed by atoms with Gasteiger partial charge in [0.2, 0.25) is 5.91 Å². The number of hydrogen-bond donors (Lipinski definition) is 2. The second-order valence-electron chi connectivity index (χ2n) is 6.24. The van der Waals surface area contributed by atoms with E-state index >= 15 is 0 Å². The van der Waals surface area contributed by atoms with Crippen molar-refractivity contribution in [2.24, 2.45) is 0 Å². The molecule has 25 heavy (non-hydrogen) atoms. The summed E-state index contributed by atoms with van der Waals surface area (Å²) < 4.78 is 5.15. The number of benzene rings is 1. The normalized spacial score (nSPS) is 16.0. The maximum atomic E-state index is 12.2. The average molecular weight is 349 g/mol. The molecule has 1 fully saturated rings. The van der Waals surface area contributed by atoms with Gasteiger partial charge in [-0.2, -0.15) is 0 Å². The minimum absolute atomic E-state index is 0.0513. The molecular formula is C18H27N3O4. The summed E-state index contributed by atoms with van der Waals surface area (Å²) >= 11 is 0. The number of amides is 1. The van der Waals surface area contributed by atoms with Gasteiger partial charge in [0.25, 0.3) is 0 Å². The molecule has 1 aromatic rings. The van der Waals surface area contributed by atoms with Crippen LogP contribution in [0.3, 0.4) is 0 Å². The Labute approximate surface area is 148 Å². The number of hydrogen-bond acceptors (Lipinski definition) is 5. The lowest BCUT2D eigenvalue weighted by atomic mass is 10.0. The molecular weight excluding hydrogens is 322 g/mol. The number of nitrogens with one attached hydrogen (secondary N) is 1. The molecule has 1 aliphatic heterocycles. The molecule has 1 heterocycles. The number of likely N-dealkylation sites (N-methyl/N-ethyl adjacent to an activating group) is 1. The van der Waals surface area contributed by atoms with Crippen molar-refractivity contribution in [1.82, 2.24) is 9.80 Å². The topological polar surface area (TPSA) is 82.1 Å². The van der Waals surface area contributed by atoms with Crippen LogP contribution < -0.4 is 10.1 Å². The fourth-order valence-corrected chi connectivity index (χ4v) is 3.22. The lowest BCUT2D eigenvalue weighted by Gasteiger charge is -2.37. The SMILES string of the molecule is CCN(CC(=O)O)C1CCN(CC(=O)Nc2cccc(OC)c2)CC1. The molecule has 7 heteroatoms. The Morgan fingerprint density at radius 3 is 2.68 bits per heavy atom. The Balaban J connectivity index is 1.79. The molecule has 0 radical (unpaired) electrons. The van der Waals surface area contributed by atoms with E-state index in [9.17, 15) is 9.59 Å². The maximum absolute atomic E-state index is 12.2. The molecule has 1 amide bonds. The quantitative estimate of drug-likeness (QED) is 0.740. The lowest BCUT2D eigenvalue weighted by Crippen LogP contribution is -2.48. The van der Waals surface area contributed by atoms with Gasteiger partial charge in [-0.15, -0.1) is 0 Å². The Kier molecular flexibility index (Phi) is 7.21. The minimum atomic E-state index is -0.790. The third-order valence-electron chi connectivity index (χ3n) is 4.54. The number of piperidine rings is 1. The fraction of sp³-hybridized carbons (Fsp3) is 0.556. The van der Waals surface area contributed by atoms with E-state index in [0.717, 1.165) is 38.2 Å². The van der Waals surface area contributed by atoms with E-state index in [2.05, 4.69) is 10.2 Å². The van der Waals surface area contributed by atoms with Gasteiger partial charge in [-0.25, -0.2) is 0 Å². The molecule has 0 bridgehead atoms. The van der Waals surface area contributed by atoms with Gasteiger partial charge in [0.05, 0.1) is 20.2 Å². The first-order valence-electron chi connectivity index (χ1n) is 8.64. The fourth-order valence-electron chi connectivity index (χ4n) is 3.22. The van der Waals surface area contributed by atoms with Gasteiger partial charge in [0.1, 0.15) is 5.75 Å².